The molecule has 2 aliphatic heterocycles. The SMILES string of the molecule is C1CCOC1.C1CCOC1.C[Si](C)(C)[N-][Si](C)(C)C.C[Si](C)(C)[N-][Si](C)(C)C.[Ca+2]. The van der Waals surface area contributed by atoms with Crippen LogP contribution < -0.4 is 0 Å². The Morgan fingerprint density at radius 2 is 0.586 bits per heavy atom. The molecule has 0 aliphatic carbocycles. The van der Waals surface area contributed by atoms with E-state index in [-0.39, 0.29) is 37.7 Å². The smallest absolute Gasteiger partial charge is 0.668 e. The van der Waals surface area contributed by atoms with Crippen molar-refractivity contribution in [3.8, 4) is 0 Å². The second-order valence-corrected chi connectivity index (χ2v) is 30.7. The van der Waals surface area contributed by atoms with Gasteiger partial charge in [0.15, 0.2) is 0 Å². The van der Waals surface area contributed by atoms with E-state index in [4.69, 9.17) is 18.8 Å². The first kappa shape index (κ1) is 35.6. The van der Waals surface area contributed by atoms with Crippen molar-refractivity contribution in [3.05, 3.63) is 9.30 Å². The molecule has 172 valence electrons. The van der Waals surface area contributed by atoms with Gasteiger partial charge >= 0.3 is 37.7 Å². The Morgan fingerprint density at radius 1 is 0.414 bits per heavy atom. The third-order valence-corrected chi connectivity index (χ3v) is 13.7. The summed E-state index contributed by atoms with van der Waals surface area (Å²) < 4.78 is 19.5. The average molecular weight is 505 g/mol. The molecule has 0 radical (unpaired) electrons. The minimum Gasteiger partial charge on any atom is -0.668 e. The van der Waals surface area contributed by atoms with Gasteiger partial charge in [-0.1, -0.05) is 112 Å². The van der Waals surface area contributed by atoms with Gasteiger partial charge in [0.25, 0.3) is 0 Å². The van der Waals surface area contributed by atoms with Crippen LogP contribution in [0.1, 0.15) is 25.7 Å². The van der Waals surface area contributed by atoms with Gasteiger partial charge in [-0.05, 0) is 25.7 Å². The van der Waals surface area contributed by atoms with E-state index < -0.39 is 32.9 Å². The van der Waals surface area contributed by atoms with Crippen molar-refractivity contribution in [2.45, 2.75) is 104 Å². The minimum atomic E-state index is -1.11. The molecule has 0 unspecified atom stereocenters. The fraction of sp³-hybridized carbons (Fsp3) is 1.00. The summed E-state index contributed by atoms with van der Waals surface area (Å²) in [5, 5.41) is 0. The van der Waals surface area contributed by atoms with Crippen molar-refractivity contribution in [1.29, 1.82) is 0 Å². The molecule has 0 aromatic heterocycles. The predicted molar refractivity (Wildman–Crippen MR) is 146 cm³/mol. The topological polar surface area (TPSA) is 46.7 Å². The molecule has 0 aromatic carbocycles. The van der Waals surface area contributed by atoms with Crippen LogP contribution in [0.2, 0.25) is 78.6 Å². The first-order valence-electron chi connectivity index (χ1n) is 11.0. The Hall–Kier alpha value is 1.97. The van der Waals surface area contributed by atoms with E-state index in [0.717, 1.165) is 26.4 Å². The molecule has 2 saturated heterocycles. The first-order chi connectivity index (χ1) is 12.4. The molecule has 2 fully saturated rings. The monoisotopic (exact) mass is 504 g/mol. The van der Waals surface area contributed by atoms with Gasteiger partial charge in [0.1, 0.15) is 0 Å². The molecule has 4 nitrogen and oxygen atoms in total. The zero-order valence-corrected chi connectivity index (χ0v) is 28.3. The molecule has 2 rings (SSSR count). The Labute approximate surface area is 218 Å². The van der Waals surface area contributed by atoms with Crippen molar-refractivity contribution in [3.63, 3.8) is 0 Å². The van der Waals surface area contributed by atoms with Gasteiger partial charge in [0.2, 0.25) is 0 Å². The van der Waals surface area contributed by atoms with Crippen LogP contribution in [0.25, 0.3) is 9.30 Å². The maximum Gasteiger partial charge on any atom is 2.00 e. The largest absolute Gasteiger partial charge is 2.00 e. The summed E-state index contributed by atoms with van der Waals surface area (Å²) in [5.41, 5.74) is 0. The van der Waals surface area contributed by atoms with Gasteiger partial charge in [0.05, 0.1) is 0 Å². The van der Waals surface area contributed by atoms with Gasteiger partial charge in [-0.3, -0.25) is 0 Å². The Kier molecular flexibility index (Phi) is 21.4. The third-order valence-electron chi connectivity index (χ3n) is 3.00. The normalized spacial score (nSPS) is 17.0. The van der Waals surface area contributed by atoms with E-state index in [1.54, 1.807) is 0 Å². The average Bonchev–Trinajstić information content (AvgIpc) is 3.11. The van der Waals surface area contributed by atoms with Gasteiger partial charge in [-0.2, -0.15) is 0 Å². The number of nitrogens with zero attached hydrogens (tertiary/aromatic N) is 2. The summed E-state index contributed by atoms with van der Waals surface area (Å²) in [6, 6.07) is 0. The van der Waals surface area contributed by atoms with Crippen LogP contribution in [-0.2, 0) is 9.47 Å². The van der Waals surface area contributed by atoms with Gasteiger partial charge in [0, 0.05) is 26.4 Å². The second-order valence-electron chi connectivity index (χ2n) is 11.5. The summed E-state index contributed by atoms with van der Waals surface area (Å²) in [4.78, 5) is 0. The quantitative estimate of drug-likeness (QED) is 0.378. The maximum absolute atomic E-state index is 4.94. The van der Waals surface area contributed by atoms with Crippen LogP contribution in [0.4, 0.5) is 0 Å². The van der Waals surface area contributed by atoms with Crippen LogP contribution in [0.5, 0.6) is 0 Å². The number of hydrogen-bond donors (Lipinski definition) is 0. The van der Waals surface area contributed by atoms with Crippen molar-refractivity contribution in [1.82, 2.24) is 0 Å². The summed E-state index contributed by atoms with van der Waals surface area (Å²) in [7, 11) is -4.42. The Morgan fingerprint density at radius 3 is 0.621 bits per heavy atom. The molecule has 0 bridgehead atoms. The van der Waals surface area contributed by atoms with Gasteiger partial charge in [-0.25, -0.2) is 0 Å². The first-order valence-corrected chi connectivity index (χ1v) is 24.8. The molecule has 0 aromatic rings. The molecule has 2 heterocycles. The van der Waals surface area contributed by atoms with Crippen LogP contribution in [0, 0.1) is 0 Å². The van der Waals surface area contributed by atoms with Gasteiger partial charge in [-0.15, -0.1) is 0 Å². The van der Waals surface area contributed by atoms with E-state index in [1.165, 1.54) is 25.7 Å². The van der Waals surface area contributed by atoms with Crippen LogP contribution in [-0.4, -0.2) is 97.1 Å². The zero-order chi connectivity index (χ0) is 22.5. The number of hydrogen-bond acceptors (Lipinski definition) is 2. The fourth-order valence-electron chi connectivity index (χ4n) is 3.03. The second kappa shape index (κ2) is 17.4. The standard InChI is InChI=1S/2C6H18NSi2.2C4H8O.Ca/c2*1-8(2,3)7-9(4,5)6;2*1-2-4-5-3-1;/h2*1-6H3;2*1-4H2;/q2*-1;;;+2. The molecule has 0 N–H and O–H groups in total. The van der Waals surface area contributed by atoms with Crippen molar-refractivity contribution in [2.75, 3.05) is 26.4 Å². The summed E-state index contributed by atoms with van der Waals surface area (Å²) in [5.74, 6) is 0. The van der Waals surface area contributed by atoms with Crippen LogP contribution in [0.3, 0.4) is 0 Å². The fourth-order valence-corrected chi connectivity index (χ4v) is 19.1. The molecule has 0 spiro atoms. The van der Waals surface area contributed by atoms with Crippen molar-refractivity contribution in [2.24, 2.45) is 0 Å². The van der Waals surface area contributed by atoms with Crippen molar-refractivity contribution < 1.29 is 9.47 Å². The summed E-state index contributed by atoms with van der Waals surface area (Å²) in [6.07, 6.45) is 5.11. The van der Waals surface area contributed by atoms with E-state index in [1.807, 2.05) is 0 Å². The Bertz CT molecular complexity index is 293. The Balaban J connectivity index is -0.000000316. The molecular weight excluding hydrogens is 453 g/mol. The summed E-state index contributed by atoms with van der Waals surface area (Å²) >= 11 is 0. The van der Waals surface area contributed by atoms with Gasteiger partial charge < -0.3 is 18.8 Å². The van der Waals surface area contributed by atoms with E-state index in [2.05, 4.69) is 78.6 Å². The minimum absolute atomic E-state index is 0. The molecule has 0 saturated carbocycles. The molecule has 0 atom stereocenters. The van der Waals surface area contributed by atoms with Crippen molar-refractivity contribution >= 4 is 70.7 Å². The predicted octanol–water partition coefficient (Wildman–Crippen LogP) is 7.27. The van der Waals surface area contributed by atoms with E-state index >= 15 is 0 Å². The molecular formula is C20H52CaN2O2Si4. The zero-order valence-electron chi connectivity index (χ0n) is 22.1. The summed E-state index contributed by atoms with van der Waals surface area (Å²) in [6.45, 7) is 31.6. The van der Waals surface area contributed by atoms with Crippen LogP contribution in [0.15, 0.2) is 0 Å². The number of rotatable bonds is 4. The molecule has 29 heavy (non-hydrogen) atoms. The molecule has 9 heteroatoms. The molecule has 2 aliphatic rings. The third kappa shape index (κ3) is 40.8. The molecule has 0 amide bonds. The van der Waals surface area contributed by atoms with E-state index in [9.17, 15) is 0 Å². The van der Waals surface area contributed by atoms with Crippen LogP contribution >= 0.6 is 0 Å². The number of ether oxygens (including phenoxy) is 2. The maximum atomic E-state index is 4.94. The van der Waals surface area contributed by atoms with E-state index in [0.29, 0.717) is 0 Å².